The van der Waals surface area contributed by atoms with Gasteiger partial charge in [-0.2, -0.15) is 4.68 Å². The highest BCUT2D eigenvalue weighted by Gasteiger charge is 2.13. The van der Waals surface area contributed by atoms with Crippen LogP contribution in [-0.2, 0) is 11.3 Å². The Morgan fingerprint density at radius 2 is 2.00 bits per heavy atom. The third-order valence-corrected chi connectivity index (χ3v) is 3.45. The van der Waals surface area contributed by atoms with E-state index in [9.17, 15) is 14.0 Å². The highest BCUT2D eigenvalue weighted by Crippen LogP contribution is 2.15. The molecular formula is C15H10BrFN4O3. The van der Waals surface area contributed by atoms with Gasteiger partial charge in [0.15, 0.2) is 0 Å². The van der Waals surface area contributed by atoms with E-state index in [-0.39, 0.29) is 12.4 Å². The van der Waals surface area contributed by atoms with E-state index in [0.717, 1.165) is 9.15 Å². The molecule has 3 aromatic rings. The van der Waals surface area contributed by atoms with E-state index in [1.807, 2.05) is 0 Å². The van der Waals surface area contributed by atoms with Gasteiger partial charge in [0.25, 0.3) is 0 Å². The number of hydrogen-bond acceptors (Lipinski definition) is 5. The molecule has 7 nitrogen and oxygen atoms in total. The van der Waals surface area contributed by atoms with Crippen LogP contribution in [0.4, 0.5) is 10.2 Å². The van der Waals surface area contributed by atoms with Crippen molar-refractivity contribution in [2.24, 2.45) is 0 Å². The number of anilines is 1. The molecule has 9 heteroatoms. The summed E-state index contributed by atoms with van der Waals surface area (Å²) >= 11 is 3.24. The number of hydrogen-bond donors (Lipinski definition) is 1. The smallest absolute Gasteiger partial charge is 0.388 e. The monoisotopic (exact) mass is 392 g/mol. The Morgan fingerprint density at radius 3 is 2.67 bits per heavy atom. The lowest BCUT2D eigenvalue weighted by Gasteiger charge is -2.03. The Bertz CT molecular complexity index is 919. The number of amides is 1. The Kier molecular flexibility index (Phi) is 4.52. The van der Waals surface area contributed by atoms with Gasteiger partial charge >= 0.3 is 5.76 Å². The summed E-state index contributed by atoms with van der Waals surface area (Å²) in [7, 11) is 0. The van der Waals surface area contributed by atoms with E-state index in [1.165, 1.54) is 30.5 Å². The maximum atomic E-state index is 12.9. The minimum absolute atomic E-state index is 0.00886. The zero-order chi connectivity index (χ0) is 17.1. The van der Waals surface area contributed by atoms with Gasteiger partial charge in [-0.15, -0.1) is 5.10 Å². The molecule has 2 heterocycles. The summed E-state index contributed by atoms with van der Waals surface area (Å²) in [5.41, 5.74) is 0.433. The van der Waals surface area contributed by atoms with Crippen molar-refractivity contribution in [3.8, 4) is 11.5 Å². The third-order valence-electron chi connectivity index (χ3n) is 2.99. The fourth-order valence-corrected chi connectivity index (χ4v) is 2.12. The van der Waals surface area contributed by atoms with Gasteiger partial charge in [-0.1, -0.05) is 0 Å². The summed E-state index contributed by atoms with van der Waals surface area (Å²) < 4.78 is 19.5. The highest BCUT2D eigenvalue weighted by atomic mass is 79.9. The fraction of sp³-hybridized carbons (Fsp3) is 0.0667. The first-order valence-electron chi connectivity index (χ1n) is 6.76. The summed E-state index contributed by atoms with van der Waals surface area (Å²) in [5.74, 6) is -1.32. The van der Waals surface area contributed by atoms with Crippen molar-refractivity contribution < 1.29 is 13.6 Å². The van der Waals surface area contributed by atoms with Crippen LogP contribution in [-0.4, -0.2) is 20.7 Å². The van der Waals surface area contributed by atoms with E-state index in [0.29, 0.717) is 11.4 Å². The Morgan fingerprint density at radius 1 is 1.25 bits per heavy atom. The molecular weight excluding hydrogens is 383 g/mol. The zero-order valence-electron chi connectivity index (χ0n) is 12.1. The molecule has 0 unspecified atom stereocenters. The summed E-state index contributed by atoms with van der Waals surface area (Å²) in [4.78, 5) is 27.7. The Balaban J connectivity index is 1.73. The summed E-state index contributed by atoms with van der Waals surface area (Å²) in [6, 6.07) is 8.63. The van der Waals surface area contributed by atoms with Gasteiger partial charge in [-0.05, 0) is 52.3 Å². The number of benzene rings is 1. The molecule has 122 valence electrons. The third kappa shape index (κ3) is 3.74. The molecule has 24 heavy (non-hydrogen) atoms. The normalized spacial score (nSPS) is 10.6. The second kappa shape index (κ2) is 6.75. The summed E-state index contributed by atoms with van der Waals surface area (Å²) in [5, 5.41) is 6.47. The zero-order valence-corrected chi connectivity index (χ0v) is 13.7. The summed E-state index contributed by atoms with van der Waals surface area (Å²) in [6.07, 6.45) is 1.53. The van der Waals surface area contributed by atoms with Crippen molar-refractivity contribution in [2.45, 2.75) is 6.54 Å². The van der Waals surface area contributed by atoms with Crippen LogP contribution >= 0.6 is 15.9 Å². The number of halogens is 2. The molecule has 0 spiro atoms. The van der Waals surface area contributed by atoms with Crippen molar-refractivity contribution in [3.05, 3.63) is 63.4 Å². The van der Waals surface area contributed by atoms with Gasteiger partial charge in [0.2, 0.25) is 11.8 Å². The summed E-state index contributed by atoms with van der Waals surface area (Å²) in [6.45, 7) is -0.332. The molecule has 0 atom stereocenters. The Hall–Kier alpha value is -2.81. The molecule has 0 aliphatic carbocycles. The molecule has 3 rings (SSSR count). The molecule has 0 aliphatic heterocycles. The predicted octanol–water partition coefficient (Wildman–Crippen LogP) is 2.44. The van der Waals surface area contributed by atoms with Gasteiger partial charge in [0.05, 0.1) is 0 Å². The van der Waals surface area contributed by atoms with Crippen LogP contribution in [0.1, 0.15) is 0 Å². The van der Waals surface area contributed by atoms with Crippen LogP contribution < -0.4 is 11.1 Å². The lowest BCUT2D eigenvalue weighted by molar-refractivity contribution is -0.117. The molecule has 0 saturated heterocycles. The predicted molar refractivity (Wildman–Crippen MR) is 86.7 cm³/mol. The van der Waals surface area contributed by atoms with Crippen molar-refractivity contribution in [2.75, 3.05) is 5.32 Å². The first-order chi connectivity index (χ1) is 11.5. The molecule has 0 saturated carbocycles. The van der Waals surface area contributed by atoms with Gasteiger partial charge in [0, 0.05) is 16.2 Å². The van der Waals surface area contributed by atoms with E-state index >= 15 is 0 Å². The van der Waals surface area contributed by atoms with Crippen LogP contribution in [0, 0.1) is 5.82 Å². The number of carbonyl (C=O) groups is 1. The van der Waals surface area contributed by atoms with Crippen molar-refractivity contribution in [1.29, 1.82) is 0 Å². The number of nitrogens with zero attached hydrogens (tertiary/aromatic N) is 3. The number of nitrogens with one attached hydrogen (secondary N) is 1. The SMILES string of the molecule is O=C(Cn1nc(-c2ccc(F)cc2)oc1=O)Nc1ccc(Br)cn1. The standard InChI is InChI=1S/C15H10BrFN4O3/c16-10-3-6-12(18-7-10)19-13(22)8-21-15(23)24-14(20-21)9-1-4-11(17)5-2-9/h1-7H,8H2,(H,18,19,22). The van der Waals surface area contributed by atoms with Gasteiger partial charge in [-0.3, -0.25) is 4.79 Å². The molecule has 1 N–H and O–H groups in total. The largest absolute Gasteiger partial charge is 0.437 e. The van der Waals surface area contributed by atoms with Gasteiger partial charge in [-0.25, -0.2) is 14.2 Å². The second-order valence-electron chi connectivity index (χ2n) is 4.75. The average Bonchev–Trinajstić information content (AvgIpc) is 2.91. The molecule has 2 aromatic heterocycles. The molecule has 1 amide bonds. The lowest BCUT2D eigenvalue weighted by Crippen LogP contribution is -2.26. The first kappa shape index (κ1) is 16.1. The highest BCUT2D eigenvalue weighted by molar-refractivity contribution is 9.10. The van der Waals surface area contributed by atoms with E-state index in [2.05, 4.69) is 31.3 Å². The first-order valence-corrected chi connectivity index (χ1v) is 7.56. The van der Waals surface area contributed by atoms with E-state index < -0.39 is 17.5 Å². The van der Waals surface area contributed by atoms with Crippen LogP contribution in [0.25, 0.3) is 11.5 Å². The molecule has 1 aromatic carbocycles. The molecule has 0 radical (unpaired) electrons. The minimum atomic E-state index is -0.784. The van der Waals surface area contributed by atoms with Gasteiger partial charge < -0.3 is 9.73 Å². The van der Waals surface area contributed by atoms with Crippen LogP contribution in [0.2, 0.25) is 0 Å². The lowest BCUT2D eigenvalue weighted by atomic mass is 10.2. The fourth-order valence-electron chi connectivity index (χ4n) is 1.88. The minimum Gasteiger partial charge on any atom is -0.388 e. The van der Waals surface area contributed by atoms with E-state index in [1.54, 1.807) is 12.1 Å². The Labute approximate surface area is 143 Å². The van der Waals surface area contributed by atoms with Crippen LogP contribution in [0.5, 0.6) is 0 Å². The topological polar surface area (TPSA) is 90.0 Å². The van der Waals surface area contributed by atoms with Gasteiger partial charge in [0.1, 0.15) is 18.2 Å². The van der Waals surface area contributed by atoms with Crippen molar-refractivity contribution in [1.82, 2.24) is 14.8 Å². The molecule has 0 aliphatic rings. The number of carbonyl (C=O) groups excluding carboxylic acids is 1. The number of aromatic nitrogens is 3. The molecule has 0 bridgehead atoms. The number of rotatable bonds is 4. The second-order valence-corrected chi connectivity index (χ2v) is 5.66. The average molecular weight is 393 g/mol. The van der Waals surface area contributed by atoms with Crippen LogP contribution in [0.3, 0.4) is 0 Å². The maximum absolute atomic E-state index is 12.9. The van der Waals surface area contributed by atoms with Crippen molar-refractivity contribution >= 4 is 27.7 Å². The van der Waals surface area contributed by atoms with Crippen LogP contribution in [0.15, 0.2) is 56.3 Å². The number of pyridine rings is 1. The quantitative estimate of drug-likeness (QED) is 0.736. The maximum Gasteiger partial charge on any atom is 0.437 e. The van der Waals surface area contributed by atoms with E-state index in [4.69, 9.17) is 4.42 Å². The van der Waals surface area contributed by atoms with Crippen molar-refractivity contribution in [3.63, 3.8) is 0 Å². The molecule has 0 fully saturated rings.